The van der Waals surface area contributed by atoms with Gasteiger partial charge in [-0.05, 0) is 215 Å². The molecule has 0 atom stereocenters. The van der Waals surface area contributed by atoms with E-state index < -0.39 is 12.8 Å². The zero-order valence-corrected chi connectivity index (χ0v) is 88.4. The summed E-state index contributed by atoms with van der Waals surface area (Å²) in [6.45, 7) is 25.4. The van der Waals surface area contributed by atoms with Gasteiger partial charge in [-0.3, -0.25) is 5.32 Å². The largest absolute Gasteiger partial charge is 0.497 e. The lowest BCUT2D eigenvalue weighted by Crippen LogP contribution is -2.34. The number of hydrogen-bond donors (Lipinski definition) is 9. The third-order valence-electron chi connectivity index (χ3n) is 25.1. The number of benzene rings is 10. The molecule has 0 aliphatic carbocycles. The molecule has 0 saturated carbocycles. The van der Waals surface area contributed by atoms with Crippen LogP contribution in [0.2, 0.25) is 0 Å². The van der Waals surface area contributed by atoms with Crippen molar-refractivity contribution < 1.29 is 56.8 Å². The Morgan fingerprint density at radius 3 is 0.747 bits per heavy atom. The third kappa shape index (κ3) is 28.5. The minimum absolute atomic E-state index is 0.0636. The van der Waals surface area contributed by atoms with E-state index >= 15 is 0 Å². The number of nitrogens with one attached hydrogen (secondary N) is 9. The number of nitriles is 5. The van der Waals surface area contributed by atoms with Crippen molar-refractivity contribution in [2.24, 2.45) is 0 Å². The number of hydrogen-bond acceptors (Lipinski definition) is 16. The van der Waals surface area contributed by atoms with Crippen molar-refractivity contribution in [3.8, 4) is 115 Å². The van der Waals surface area contributed by atoms with E-state index in [2.05, 4.69) is 147 Å². The first-order valence-electron chi connectivity index (χ1n) is 51.2. The monoisotopic (exact) mass is 2030 g/mol. The topological polar surface area (TPSA) is 393 Å². The molecule has 30 nitrogen and oxygen atoms in total. The van der Waals surface area contributed by atoms with Gasteiger partial charge in [-0.1, -0.05) is 148 Å². The molecule has 15 aromatic rings. The van der Waals surface area contributed by atoms with Crippen LogP contribution in [0, 0.1) is 56.7 Å². The number of unbranched alkanes of at least 4 members (excludes halogenated alkanes) is 6. The highest BCUT2D eigenvalue weighted by Gasteiger charge is 2.27. The fraction of sp³-hybridized carbons (Fsp3) is 0.328. The summed E-state index contributed by atoms with van der Waals surface area (Å²) in [5.74, 6) is 3.81. The van der Waals surface area contributed by atoms with E-state index in [0.717, 1.165) is 256 Å². The molecule has 0 spiro atoms. The van der Waals surface area contributed by atoms with Crippen LogP contribution >= 0.6 is 0 Å². The zero-order valence-electron chi connectivity index (χ0n) is 88.4. The molecule has 150 heavy (non-hydrogen) atoms. The van der Waals surface area contributed by atoms with Gasteiger partial charge in [-0.2, -0.15) is 26.3 Å². The number of carbonyl (C=O) groups excluding carboxylic acids is 5. The number of anilines is 5. The lowest BCUT2D eigenvalue weighted by atomic mass is 10.1. The predicted molar refractivity (Wildman–Crippen MR) is 598 cm³/mol. The molecule has 0 bridgehead atoms. The van der Waals surface area contributed by atoms with Gasteiger partial charge >= 0.3 is 30.2 Å². The lowest BCUT2D eigenvalue weighted by Gasteiger charge is -2.13. The highest BCUT2D eigenvalue weighted by Crippen LogP contribution is 2.43. The highest BCUT2D eigenvalue weighted by molar-refractivity contribution is 6.02. The van der Waals surface area contributed by atoms with Crippen molar-refractivity contribution in [1.29, 1.82) is 26.3 Å². The Labute approximate surface area is 877 Å². The van der Waals surface area contributed by atoms with Crippen LogP contribution in [0.1, 0.15) is 181 Å². The van der Waals surface area contributed by atoms with Crippen LogP contribution in [-0.2, 0) is 37.5 Å². The van der Waals surface area contributed by atoms with Gasteiger partial charge < -0.3 is 93.8 Å². The number of halogens is 1. The number of urea groups is 4. The van der Waals surface area contributed by atoms with Crippen LogP contribution in [0.25, 0.3) is 111 Å². The second-order valence-electron chi connectivity index (χ2n) is 35.8. The number of nitrogens with zero attached hydrogens (tertiary/aromatic N) is 10. The Bertz CT molecular complexity index is 7180. The van der Waals surface area contributed by atoms with Crippen LogP contribution in [0.4, 0.5) is 56.8 Å². The quantitative estimate of drug-likeness (QED) is 0.0162. The molecule has 0 radical (unpaired) electrons. The minimum atomic E-state index is -0.726. The molecule has 0 aliphatic rings. The van der Waals surface area contributed by atoms with Gasteiger partial charge in [-0.25, -0.2) is 28.4 Å². The lowest BCUT2D eigenvalue weighted by molar-refractivity contribution is 0.152. The molecule has 5 heterocycles. The summed E-state index contributed by atoms with van der Waals surface area (Å²) in [4.78, 5) is 59.2. The first-order chi connectivity index (χ1) is 73.0. The number of rotatable bonds is 39. The first kappa shape index (κ1) is 113. The summed E-state index contributed by atoms with van der Waals surface area (Å²) in [7, 11) is 8.21. The molecular formula is C119H136FN19O11. The highest BCUT2D eigenvalue weighted by atomic mass is 19.1. The maximum absolute atomic E-state index is 12.1. The van der Waals surface area contributed by atoms with Crippen molar-refractivity contribution in [2.45, 2.75) is 191 Å². The van der Waals surface area contributed by atoms with E-state index in [1.165, 1.54) is 0 Å². The Hall–Kier alpha value is -17.4. The second kappa shape index (κ2) is 56.9. The van der Waals surface area contributed by atoms with Crippen molar-refractivity contribution >= 4 is 113 Å². The van der Waals surface area contributed by atoms with Gasteiger partial charge in [0.1, 0.15) is 72.4 Å². The van der Waals surface area contributed by atoms with Gasteiger partial charge in [0, 0.05) is 144 Å². The Balaban J connectivity index is 0.000000178. The van der Waals surface area contributed by atoms with Crippen LogP contribution in [0.3, 0.4) is 0 Å². The van der Waals surface area contributed by atoms with Crippen molar-refractivity contribution in [1.82, 2.24) is 44.1 Å². The van der Waals surface area contributed by atoms with E-state index in [0.29, 0.717) is 75.9 Å². The van der Waals surface area contributed by atoms with Gasteiger partial charge in [0.15, 0.2) is 0 Å². The van der Waals surface area contributed by atoms with Crippen molar-refractivity contribution in [2.75, 3.05) is 95.0 Å². The van der Waals surface area contributed by atoms with Crippen molar-refractivity contribution in [3.63, 3.8) is 0 Å². The molecule has 0 fully saturated rings. The molecule has 780 valence electrons. The molecule has 31 heteroatoms. The summed E-state index contributed by atoms with van der Waals surface area (Å²) in [6.07, 6.45) is 12.4. The van der Waals surface area contributed by atoms with Crippen LogP contribution < -0.4 is 71.5 Å². The molecule has 0 saturated heterocycles. The molecule has 9 N–H and O–H groups in total. The first-order valence-corrected chi connectivity index (χ1v) is 51.2. The van der Waals surface area contributed by atoms with Gasteiger partial charge in [0.2, 0.25) is 0 Å². The summed E-state index contributed by atoms with van der Waals surface area (Å²) in [5.41, 5.74) is 20.6. The fourth-order valence-electron chi connectivity index (χ4n) is 17.7. The number of aromatic nitrogens is 5. The Morgan fingerprint density at radius 1 is 0.300 bits per heavy atom. The molecule has 5 aromatic heterocycles. The summed E-state index contributed by atoms with van der Waals surface area (Å²) >= 11 is 0. The maximum atomic E-state index is 12.1. The summed E-state index contributed by atoms with van der Waals surface area (Å²) in [6, 6.07) is 77.8. The van der Waals surface area contributed by atoms with Gasteiger partial charge in [0.05, 0.1) is 119 Å². The summed E-state index contributed by atoms with van der Waals surface area (Å²) in [5, 5.41) is 79.3. The number of methoxy groups -OCH3 is 5. The molecule has 15 rings (SSSR count). The number of alkyl halides is 1. The molecule has 10 aromatic carbocycles. The van der Waals surface area contributed by atoms with Crippen LogP contribution in [0.15, 0.2) is 212 Å². The van der Waals surface area contributed by atoms with Crippen LogP contribution in [-0.4, -0.2) is 128 Å². The van der Waals surface area contributed by atoms with E-state index in [9.17, 15) is 54.7 Å². The second-order valence-corrected chi connectivity index (χ2v) is 35.8. The number of fused-ring (bicyclic) bond motifs is 5. The SMILES string of the molecule is CCCCNC(=O)Nc1ccc(-c2c(C#N)c3ccc(OC)cc3n2CCCC)cc1.CCCCn1c(-c2ccc(NC(=O)NC(C)C)cc2)c(C#N)c2ccc(OC)cc21.CCCCn1c(-c2ccc(NC(=O)NCC)cc2)c(C#N)c2ccc(OC)cc21.CCCCn1c(-c2ccc(NC(=O)NCCC)cc2)c(C#N)c2ccc(OC)cc21.CCCCn1c(-c2ccc(NC(=O)OCCF)cc2)c(C#N)c2ccc(OC)cc21. The molecular weight excluding hydrogens is 1890 g/mol. The third-order valence-corrected chi connectivity index (χ3v) is 25.1. The predicted octanol–water partition coefficient (Wildman–Crippen LogP) is 27.6. The average molecular weight is 2030 g/mol. The zero-order chi connectivity index (χ0) is 108. The molecule has 0 aliphatic heterocycles. The van der Waals surface area contributed by atoms with E-state index in [1.807, 2.05) is 228 Å². The number of carbonyl (C=O) groups is 5. The number of amides is 9. The standard InChI is InChI=1S/C25H30N4O2.2C24H28N4O2.C23H24FN3O3.C23H26N4O2/c1-4-6-14-27-25(30)28-19-10-8-18(9-11-19)24-22(17-26)21-13-12-20(31-3)16-23(21)29(24)15-7-5-2;1-5-6-13-28-22-14-19(30-4)11-12-20(22)21(15-25)23(28)17-7-9-18(10-8-17)27-24(29)26-16(2)3;1-4-6-14-28-22-15-19(30-3)11-12-20(22)21(16-25)23(28)17-7-9-18(10-8-17)27-24(29)26-13-5-2;1-3-4-12-27-21-14-18(29-2)9-10-19(21)20(15-25)22(27)16-5-7-17(8-6-16)26-23(28)30-13-11-24;1-4-6-13-27-21-14-18(29-3)11-12-19(21)20(15-24)22(27)16-7-9-17(10-8-16)26-23(28)25-5-2/h8-13,16H,4-7,14-15H2,1-3H3,(H2,27,28,30);7-12,14,16H,5-6,13H2,1-4H3,(H2,26,27,29);7-12,15H,4-6,13-14H2,1-3H3,(H2,26,27,29);5-10,14H,3-4,11-13H2,1-2H3,(H,26,28);7-12,14H,4-6,13H2,1-3H3,(H2,25,26,28). The number of ether oxygens (including phenoxy) is 6. The van der Waals surface area contributed by atoms with Gasteiger partial charge in [-0.15, -0.1) is 0 Å². The van der Waals surface area contributed by atoms with E-state index in [4.69, 9.17) is 23.7 Å². The van der Waals surface area contributed by atoms with Crippen molar-refractivity contribution in [3.05, 3.63) is 240 Å². The average Bonchev–Trinajstić information content (AvgIpc) is 1.63. The maximum Gasteiger partial charge on any atom is 0.411 e. The summed E-state index contributed by atoms with van der Waals surface area (Å²) < 4.78 is 54.8. The molecule has 0 unspecified atom stereocenters. The minimum Gasteiger partial charge on any atom is -0.497 e. The van der Waals surface area contributed by atoms with E-state index in [-0.39, 0.29) is 36.8 Å². The number of aryl methyl sites for hydroxylation is 5. The Kier molecular flexibility index (Phi) is 42.9. The molecule has 9 amide bonds. The van der Waals surface area contributed by atoms with E-state index in [1.54, 1.807) is 47.7 Å². The fourth-order valence-corrected chi connectivity index (χ4v) is 17.7. The normalized spacial score (nSPS) is 10.6. The van der Waals surface area contributed by atoms with Crippen LogP contribution in [0.5, 0.6) is 28.7 Å². The Morgan fingerprint density at radius 2 is 0.533 bits per heavy atom. The smallest absolute Gasteiger partial charge is 0.411 e. The van der Waals surface area contributed by atoms with Gasteiger partial charge in [0.25, 0.3) is 0 Å².